The molecule has 9 nitrogen and oxygen atoms in total. The number of hydrogen-bond donors (Lipinski definition) is 3. The Morgan fingerprint density at radius 3 is 2.48 bits per heavy atom. The Morgan fingerprint density at radius 1 is 1.33 bits per heavy atom. The minimum atomic E-state index is -1.03. The third-order valence-corrected chi connectivity index (χ3v) is 4.24. The van der Waals surface area contributed by atoms with Gasteiger partial charge in [-0.1, -0.05) is 6.92 Å². The van der Waals surface area contributed by atoms with Gasteiger partial charge in [-0.15, -0.1) is 0 Å². The van der Waals surface area contributed by atoms with Gasteiger partial charge in [0.25, 0.3) is 11.6 Å². The molecule has 0 radical (unpaired) electrons. The van der Waals surface area contributed by atoms with E-state index in [1.165, 1.54) is 31.4 Å². The number of carbonyl (C=O) groups excluding carboxylic acids is 2. The van der Waals surface area contributed by atoms with Crippen LogP contribution in [0.1, 0.15) is 50.7 Å². The summed E-state index contributed by atoms with van der Waals surface area (Å²) in [5.41, 5.74) is 1.98. The number of aliphatic hydroxyl groups is 1. The summed E-state index contributed by atoms with van der Waals surface area (Å²) in [7, 11) is 1.27. The van der Waals surface area contributed by atoms with Crippen LogP contribution >= 0.6 is 0 Å². The first-order valence-electron chi connectivity index (χ1n) is 8.30. The number of ether oxygens (including phenoxy) is 1. The van der Waals surface area contributed by atoms with Crippen molar-refractivity contribution in [3.63, 3.8) is 0 Å². The standard InChI is InChI=1S/C18H21N3O6/c1-4-13-15(18(24)27-3)10(2)16(20-13)17(23)19-9-14(22)11-5-7-12(8-6-11)21(25)26/h5-8,14,20,22H,4,9H2,1-3H3,(H,19,23)/t14-/m0/s1. The molecule has 3 N–H and O–H groups in total. The highest BCUT2D eigenvalue weighted by Crippen LogP contribution is 2.21. The summed E-state index contributed by atoms with van der Waals surface area (Å²) in [5.74, 6) is -0.996. The van der Waals surface area contributed by atoms with Crippen LogP contribution < -0.4 is 5.32 Å². The fourth-order valence-corrected chi connectivity index (χ4v) is 2.74. The Bertz CT molecular complexity index is 857. The van der Waals surface area contributed by atoms with Crippen LogP contribution in [-0.4, -0.2) is 40.5 Å². The van der Waals surface area contributed by atoms with Crippen LogP contribution in [-0.2, 0) is 11.2 Å². The van der Waals surface area contributed by atoms with Gasteiger partial charge in [0, 0.05) is 24.4 Å². The van der Waals surface area contributed by atoms with Crippen LogP contribution in [0.3, 0.4) is 0 Å². The minimum absolute atomic E-state index is 0.0839. The number of amides is 1. The van der Waals surface area contributed by atoms with Crippen molar-refractivity contribution in [3.8, 4) is 0 Å². The van der Waals surface area contributed by atoms with Gasteiger partial charge in [-0.05, 0) is 36.6 Å². The predicted molar refractivity (Wildman–Crippen MR) is 96.6 cm³/mol. The van der Waals surface area contributed by atoms with Gasteiger partial charge < -0.3 is 20.1 Å². The number of nitro benzene ring substituents is 1. The van der Waals surface area contributed by atoms with Gasteiger partial charge >= 0.3 is 5.97 Å². The van der Waals surface area contributed by atoms with Crippen molar-refractivity contribution < 1.29 is 24.4 Å². The molecule has 0 aliphatic heterocycles. The zero-order chi connectivity index (χ0) is 20.1. The average Bonchev–Trinajstić information content (AvgIpc) is 3.01. The first-order chi connectivity index (χ1) is 12.8. The topological polar surface area (TPSA) is 135 Å². The number of benzene rings is 1. The Hall–Kier alpha value is -3.20. The molecule has 2 rings (SSSR count). The summed E-state index contributed by atoms with van der Waals surface area (Å²) >= 11 is 0. The lowest BCUT2D eigenvalue weighted by Gasteiger charge is -2.12. The number of aromatic nitrogens is 1. The molecule has 1 heterocycles. The average molecular weight is 375 g/mol. The molecule has 2 aromatic rings. The van der Waals surface area contributed by atoms with Crippen molar-refractivity contribution in [2.24, 2.45) is 0 Å². The highest BCUT2D eigenvalue weighted by molar-refractivity contribution is 6.00. The van der Waals surface area contributed by atoms with E-state index in [0.717, 1.165) is 0 Å². The van der Waals surface area contributed by atoms with E-state index in [0.29, 0.717) is 28.8 Å². The van der Waals surface area contributed by atoms with Gasteiger partial charge in [-0.25, -0.2) is 4.79 Å². The third-order valence-electron chi connectivity index (χ3n) is 4.24. The molecule has 1 atom stereocenters. The maximum Gasteiger partial charge on any atom is 0.339 e. The Kier molecular flexibility index (Phi) is 6.30. The second kappa shape index (κ2) is 8.45. The Labute approximate surface area is 155 Å². The van der Waals surface area contributed by atoms with Gasteiger partial charge in [-0.2, -0.15) is 0 Å². The highest BCUT2D eigenvalue weighted by atomic mass is 16.6. The third kappa shape index (κ3) is 4.32. The molecule has 9 heteroatoms. The zero-order valence-electron chi connectivity index (χ0n) is 15.2. The molecule has 0 aliphatic carbocycles. The van der Waals surface area contributed by atoms with Crippen LogP contribution in [0.25, 0.3) is 0 Å². The second-order valence-electron chi connectivity index (χ2n) is 5.90. The summed E-state index contributed by atoms with van der Waals surface area (Å²) in [6.07, 6.45) is -0.514. The zero-order valence-corrected chi connectivity index (χ0v) is 15.2. The largest absolute Gasteiger partial charge is 0.465 e. The summed E-state index contributed by atoms with van der Waals surface area (Å²) in [6, 6.07) is 5.43. The molecular weight excluding hydrogens is 354 g/mol. The van der Waals surface area contributed by atoms with E-state index in [-0.39, 0.29) is 17.9 Å². The molecule has 1 aromatic heterocycles. The van der Waals surface area contributed by atoms with E-state index in [1.807, 2.05) is 6.92 Å². The smallest absolute Gasteiger partial charge is 0.339 e. The fraction of sp³-hybridized carbons (Fsp3) is 0.333. The number of aliphatic hydroxyl groups excluding tert-OH is 1. The van der Waals surface area contributed by atoms with Gasteiger partial charge in [0.1, 0.15) is 5.69 Å². The molecule has 0 bridgehead atoms. The van der Waals surface area contributed by atoms with E-state index in [1.54, 1.807) is 6.92 Å². The second-order valence-corrected chi connectivity index (χ2v) is 5.90. The number of nitro groups is 1. The lowest BCUT2D eigenvalue weighted by atomic mass is 10.1. The number of hydrogen-bond acceptors (Lipinski definition) is 6. The van der Waals surface area contributed by atoms with Crippen LogP contribution in [0.2, 0.25) is 0 Å². The first-order valence-corrected chi connectivity index (χ1v) is 8.30. The molecule has 27 heavy (non-hydrogen) atoms. The van der Waals surface area contributed by atoms with Crippen molar-refractivity contribution >= 4 is 17.6 Å². The van der Waals surface area contributed by atoms with E-state index in [9.17, 15) is 24.8 Å². The Morgan fingerprint density at radius 2 is 1.96 bits per heavy atom. The van der Waals surface area contributed by atoms with E-state index in [4.69, 9.17) is 4.74 Å². The summed E-state index contributed by atoms with van der Waals surface area (Å²) in [6.45, 7) is 3.39. The van der Waals surface area contributed by atoms with Crippen LogP contribution in [0.15, 0.2) is 24.3 Å². The number of nitrogens with one attached hydrogen (secondary N) is 2. The van der Waals surface area contributed by atoms with Crippen molar-refractivity contribution in [1.82, 2.24) is 10.3 Å². The summed E-state index contributed by atoms with van der Waals surface area (Å²) < 4.78 is 4.76. The highest BCUT2D eigenvalue weighted by Gasteiger charge is 2.24. The first kappa shape index (κ1) is 20.1. The number of methoxy groups -OCH3 is 1. The number of aromatic amines is 1. The van der Waals surface area contributed by atoms with Gasteiger partial charge in [0.15, 0.2) is 0 Å². The van der Waals surface area contributed by atoms with Crippen LogP contribution in [0, 0.1) is 17.0 Å². The van der Waals surface area contributed by atoms with Gasteiger partial charge in [0.05, 0.1) is 23.7 Å². The SMILES string of the molecule is CCc1[nH]c(C(=O)NC[C@H](O)c2ccc([N+](=O)[O-])cc2)c(C)c1C(=O)OC. The quantitative estimate of drug-likeness (QED) is 0.385. The number of aryl methyl sites for hydroxylation is 1. The van der Waals surface area contributed by atoms with Crippen molar-refractivity contribution in [1.29, 1.82) is 0 Å². The summed E-state index contributed by atoms with van der Waals surface area (Å²) in [4.78, 5) is 37.4. The number of esters is 1. The molecule has 0 saturated carbocycles. The van der Waals surface area contributed by atoms with Crippen molar-refractivity contribution in [2.45, 2.75) is 26.4 Å². The predicted octanol–water partition coefficient (Wildman–Crippen LogP) is 2.04. The number of rotatable bonds is 7. The fourth-order valence-electron chi connectivity index (χ4n) is 2.74. The van der Waals surface area contributed by atoms with Crippen molar-refractivity contribution in [2.75, 3.05) is 13.7 Å². The number of H-pyrrole nitrogens is 1. The van der Waals surface area contributed by atoms with Crippen LogP contribution in [0.4, 0.5) is 5.69 Å². The molecule has 144 valence electrons. The maximum atomic E-state index is 12.4. The Balaban J connectivity index is 2.10. The molecule has 0 saturated heterocycles. The van der Waals surface area contributed by atoms with Crippen LogP contribution in [0.5, 0.6) is 0 Å². The number of carbonyl (C=O) groups is 2. The molecular formula is C18H21N3O6. The lowest BCUT2D eigenvalue weighted by Crippen LogP contribution is -2.29. The van der Waals surface area contributed by atoms with E-state index < -0.39 is 22.9 Å². The molecule has 1 aromatic carbocycles. The van der Waals surface area contributed by atoms with Gasteiger partial charge in [0.2, 0.25) is 0 Å². The molecule has 0 fully saturated rings. The molecule has 0 spiro atoms. The van der Waals surface area contributed by atoms with E-state index in [2.05, 4.69) is 10.3 Å². The molecule has 1 amide bonds. The summed E-state index contributed by atoms with van der Waals surface area (Å²) in [5, 5.41) is 23.4. The maximum absolute atomic E-state index is 12.4. The number of non-ortho nitro benzene ring substituents is 1. The van der Waals surface area contributed by atoms with Crippen molar-refractivity contribution in [3.05, 3.63) is 62.5 Å². The number of nitrogens with zero attached hydrogens (tertiary/aromatic N) is 1. The normalized spacial score (nSPS) is 11.7. The van der Waals surface area contributed by atoms with E-state index >= 15 is 0 Å². The monoisotopic (exact) mass is 375 g/mol. The minimum Gasteiger partial charge on any atom is -0.465 e. The molecule has 0 aliphatic rings. The van der Waals surface area contributed by atoms with Gasteiger partial charge in [-0.3, -0.25) is 14.9 Å². The molecule has 0 unspecified atom stereocenters. The lowest BCUT2D eigenvalue weighted by molar-refractivity contribution is -0.384.